The van der Waals surface area contributed by atoms with Crippen molar-refractivity contribution < 1.29 is 9.13 Å². The van der Waals surface area contributed by atoms with E-state index in [4.69, 9.17) is 4.74 Å². The number of hydrogen-bond donors (Lipinski definition) is 1. The summed E-state index contributed by atoms with van der Waals surface area (Å²) >= 11 is 0. The smallest absolute Gasteiger partial charge is 0.123 e. The van der Waals surface area contributed by atoms with Crippen molar-refractivity contribution >= 4 is 0 Å². The van der Waals surface area contributed by atoms with Crippen molar-refractivity contribution in [3.05, 3.63) is 35.1 Å². The molecule has 106 valence electrons. The third-order valence-corrected chi connectivity index (χ3v) is 3.73. The molecule has 2 rings (SSSR count). The summed E-state index contributed by atoms with van der Waals surface area (Å²) in [5.41, 5.74) is 1.97. The van der Waals surface area contributed by atoms with E-state index in [0.717, 1.165) is 24.1 Å². The fourth-order valence-electron chi connectivity index (χ4n) is 2.69. The molecule has 1 N–H and O–H groups in total. The minimum atomic E-state index is -0.163. The Balaban J connectivity index is 2.24. The summed E-state index contributed by atoms with van der Waals surface area (Å²) in [6.45, 7) is 5.00. The summed E-state index contributed by atoms with van der Waals surface area (Å²) < 4.78 is 19.3. The zero-order valence-corrected chi connectivity index (χ0v) is 12.1. The minimum absolute atomic E-state index is 0.0897. The van der Waals surface area contributed by atoms with E-state index in [1.807, 2.05) is 6.92 Å². The normalized spacial score (nSPS) is 18.3. The van der Waals surface area contributed by atoms with E-state index in [0.29, 0.717) is 5.92 Å². The molecule has 0 radical (unpaired) electrons. The van der Waals surface area contributed by atoms with Gasteiger partial charge in [-0.25, -0.2) is 4.39 Å². The Morgan fingerprint density at radius 2 is 2.11 bits per heavy atom. The van der Waals surface area contributed by atoms with Crippen LogP contribution in [0.5, 0.6) is 0 Å². The van der Waals surface area contributed by atoms with Gasteiger partial charge in [-0.3, -0.25) is 0 Å². The zero-order chi connectivity index (χ0) is 13.8. The lowest BCUT2D eigenvalue weighted by molar-refractivity contribution is 0.0506. The highest BCUT2D eigenvalue weighted by Crippen LogP contribution is 2.40. The lowest BCUT2D eigenvalue weighted by Gasteiger charge is -2.28. The first-order valence-electron chi connectivity index (χ1n) is 7.19. The predicted octanol–water partition coefficient (Wildman–Crippen LogP) is 3.60. The molecular formula is C16H24FNO. The maximum absolute atomic E-state index is 13.6. The van der Waals surface area contributed by atoms with Crippen molar-refractivity contribution in [2.24, 2.45) is 5.92 Å². The van der Waals surface area contributed by atoms with E-state index in [2.05, 4.69) is 18.3 Å². The monoisotopic (exact) mass is 265 g/mol. The van der Waals surface area contributed by atoms with Gasteiger partial charge in [0, 0.05) is 7.11 Å². The summed E-state index contributed by atoms with van der Waals surface area (Å²) in [5.74, 6) is 0.451. The Morgan fingerprint density at radius 3 is 2.63 bits per heavy atom. The first-order chi connectivity index (χ1) is 9.15. The van der Waals surface area contributed by atoms with Gasteiger partial charge in [0.2, 0.25) is 0 Å². The Labute approximate surface area is 115 Å². The highest BCUT2D eigenvalue weighted by atomic mass is 19.1. The van der Waals surface area contributed by atoms with Gasteiger partial charge in [0.1, 0.15) is 5.82 Å². The van der Waals surface area contributed by atoms with Gasteiger partial charge in [0.25, 0.3) is 0 Å². The Morgan fingerprint density at radius 1 is 1.37 bits per heavy atom. The van der Waals surface area contributed by atoms with Crippen LogP contribution in [0.1, 0.15) is 43.4 Å². The SMILES string of the molecule is CCCNC(c1cc(C)cc(F)c1)C(OC)C1CC1. The van der Waals surface area contributed by atoms with Crippen molar-refractivity contribution in [2.45, 2.75) is 45.3 Å². The third kappa shape index (κ3) is 3.77. The second kappa shape index (κ2) is 6.49. The quantitative estimate of drug-likeness (QED) is 0.813. The van der Waals surface area contributed by atoms with Gasteiger partial charge >= 0.3 is 0 Å². The summed E-state index contributed by atoms with van der Waals surface area (Å²) in [4.78, 5) is 0. The van der Waals surface area contributed by atoms with Crippen molar-refractivity contribution in [1.29, 1.82) is 0 Å². The average Bonchev–Trinajstić information content (AvgIpc) is 3.17. The molecule has 19 heavy (non-hydrogen) atoms. The van der Waals surface area contributed by atoms with Crippen LogP contribution in [-0.2, 0) is 4.74 Å². The van der Waals surface area contributed by atoms with Crippen LogP contribution < -0.4 is 5.32 Å². The molecule has 0 saturated heterocycles. The first-order valence-corrected chi connectivity index (χ1v) is 7.19. The molecule has 2 nitrogen and oxygen atoms in total. The Hall–Kier alpha value is -0.930. The van der Waals surface area contributed by atoms with Crippen LogP contribution in [0.4, 0.5) is 4.39 Å². The summed E-state index contributed by atoms with van der Waals surface area (Å²) in [6.07, 6.45) is 3.65. The topological polar surface area (TPSA) is 21.3 Å². The average molecular weight is 265 g/mol. The van der Waals surface area contributed by atoms with E-state index in [9.17, 15) is 4.39 Å². The number of nitrogens with one attached hydrogen (secondary N) is 1. The van der Waals surface area contributed by atoms with E-state index < -0.39 is 0 Å². The molecule has 1 aliphatic rings. The van der Waals surface area contributed by atoms with Crippen LogP contribution in [0.2, 0.25) is 0 Å². The number of benzene rings is 1. The third-order valence-electron chi connectivity index (χ3n) is 3.73. The standard InChI is InChI=1S/C16H24FNO/c1-4-7-18-15(16(19-3)12-5-6-12)13-8-11(2)9-14(17)10-13/h8-10,12,15-16,18H,4-7H2,1-3H3. The molecule has 1 saturated carbocycles. The van der Waals surface area contributed by atoms with Gasteiger partial charge in [-0.2, -0.15) is 0 Å². The molecule has 2 unspecified atom stereocenters. The second-order valence-electron chi connectivity index (χ2n) is 5.53. The van der Waals surface area contributed by atoms with Crippen LogP contribution in [-0.4, -0.2) is 19.8 Å². The van der Waals surface area contributed by atoms with E-state index in [1.165, 1.54) is 12.8 Å². The molecule has 1 fully saturated rings. The molecule has 0 bridgehead atoms. The molecule has 1 aromatic rings. The van der Waals surface area contributed by atoms with E-state index in [-0.39, 0.29) is 18.0 Å². The Bertz CT molecular complexity index is 397. The molecule has 1 aromatic carbocycles. The number of rotatable bonds is 7. The maximum atomic E-state index is 13.6. The maximum Gasteiger partial charge on any atom is 0.123 e. The number of methoxy groups -OCH3 is 1. The highest BCUT2D eigenvalue weighted by molar-refractivity contribution is 5.27. The molecular weight excluding hydrogens is 241 g/mol. The van der Waals surface area contributed by atoms with Crippen LogP contribution in [0.25, 0.3) is 0 Å². The second-order valence-corrected chi connectivity index (χ2v) is 5.53. The number of halogens is 1. The van der Waals surface area contributed by atoms with E-state index in [1.54, 1.807) is 19.2 Å². The van der Waals surface area contributed by atoms with Crippen molar-refractivity contribution in [3.63, 3.8) is 0 Å². The van der Waals surface area contributed by atoms with Gasteiger partial charge in [-0.15, -0.1) is 0 Å². The molecule has 0 spiro atoms. The van der Waals surface area contributed by atoms with Crippen LogP contribution in [0.15, 0.2) is 18.2 Å². The zero-order valence-electron chi connectivity index (χ0n) is 12.1. The van der Waals surface area contributed by atoms with Gasteiger partial charge in [0.15, 0.2) is 0 Å². The fourth-order valence-corrected chi connectivity index (χ4v) is 2.69. The van der Waals surface area contributed by atoms with Gasteiger partial charge in [-0.1, -0.05) is 13.0 Å². The molecule has 3 heteroatoms. The van der Waals surface area contributed by atoms with E-state index >= 15 is 0 Å². The van der Waals surface area contributed by atoms with Gasteiger partial charge < -0.3 is 10.1 Å². The van der Waals surface area contributed by atoms with Gasteiger partial charge in [0.05, 0.1) is 12.1 Å². The highest BCUT2D eigenvalue weighted by Gasteiger charge is 2.37. The summed E-state index contributed by atoms with van der Waals surface area (Å²) in [7, 11) is 1.76. The molecule has 0 aliphatic heterocycles. The molecule has 0 heterocycles. The summed E-state index contributed by atoms with van der Waals surface area (Å²) in [6, 6.07) is 5.35. The van der Waals surface area contributed by atoms with Crippen LogP contribution in [0, 0.1) is 18.7 Å². The van der Waals surface area contributed by atoms with Crippen LogP contribution >= 0.6 is 0 Å². The van der Waals surface area contributed by atoms with Crippen molar-refractivity contribution in [2.75, 3.05) is 13.7 Å². The lowest BCUT2D eigenvalue weighted by atomic mass is 9.96. The number of ether oxygens (including phenoxy) is 1. The van der Waals surface area contributed by atoms with Crippen molar-refractivity contribution in [3.8, 4) is 0 Å². The molecule has 0 amide bonds. The van der Waals surface area contributed by atoms with Crippen LogP contribution in [0.3, 0.4) is 0 Å². The van der Waals surface area contributed by atoms with Gasteiger partial charge in [-0.05, 0) is 61.9 Å². The first kappa shape index (κ1) is 14.5. The lowest BCUT2D eigenvalue weighted by Crippen LogP contribution is -2.35. The molecule has 2 atom stereocenters. The summed E-state index contributed by atoms with van der Waals surface area (Å²) in [5, 5.41) is 3.52. The molecule has 1 aliphatic carbocycles. The minimum Gasteiger partial charge on any atom is -0.379 e. The van der Waals surface area contributed by atoms with Crippen molar-refractivity contribution in [1.82, 2.24) is 5.32 Å². The molecule has 0 aromatic heterocycles. The largest absolute Gasteiger partial charge is 0.379 e. The number of hydrogen-bond acceptors (Lipinski definition) is 2. The fraction of sp³-hybridized carbons (Fsp3) is 0.625. The predicted molar refractivity (Wildman–Crippen MR) is 75.7 cm³/mol. The number of aryl methyl sites for hydroxylation is 1. The Kier molecular flexibility index (Phi) is 4.94.